The van der Waals surface area contributed by atoms with E-state index < -0.39 is 0 Å². The zero-order valence-electron chi connectivity index (χ0n) is 11.5. The van der Waals surface area contributed by atoms with Crippen LogP contribution in [0, 0.1) is 0 Å². The molecule has 1 aliphatic heterocycles. The summed E-state index contributed by atoms with van der Waals surface area (Å²) in [6.07, 6.45) is 2.47. The Labute approximate surface area is 111 Å². The lowest BCUT2D eigenvalue weighted by molar-refractivity contribution is 0.200. The van der Waals surface area contributed by atoms with Gasteiger partial charge in [0.25, 0.3) is 0 Å². The zero-order chi connectivity index (χ0) is 13.0. The van der Waals surface area contributed by atoms with E-state index in [0.717, 1.165) is 19.6 Å². The molecule has 0 amide bonds. The maximum Gasteiger partial charge on any atom is 0.0366 e. The fourth-order valence-corrected chi connectivity index (χ4v) is 2.81. The third-order valence-corrected chi connectivity index (χ3v) is 3.79. The molecule has 100 valence electrons. The van der Waals surface area contributed by atoms with E-state index >= 15 is 0 Å². The van der Waals surface area contributed by atoms with E-state index in [2.05, 4.69) is 54.1 Å². The van der Waals surface area contributed by atoms with Gasteiger partial charge in [-0.3, -0.25) is 0 Å². The molecule has 1 heterocycles. The normalized spacial score (nSPS) is 19.2. The van der Waals surface area contributed by atoms with Crippen LogP contribution < -0.4 is 10.6 Å². The van der Waals surface area contributed by atoms with Crippen LogP contribution in [-0.4, -0.2) is 43.7 Å². The van der Waals surface area contributed by atoms with E-state index in [1.807, 2.05) is 0 Å². The lowest BCUT2D eigenvalue weighted by Gasteiger charge is -2.38. The predicted molar refractivity (Wildman–Crippen MR) is 78.0 cm³/mol. The second-order valence-electron chi connectivity index (χ2n) is 5.47. The van der Waals surface area contributed by atoms with Gasteiger partial charge in [-0.1, -0.05) is 18.2 Å². The highest BCUT2D eigenvalue weighted by Gasteiger charge is 2.22. The molecule has 0 bridgehead atoms. The SMILES string of the molecule is CC(N)CN(C)C1CCN(c2ccccc2)CC1. The van der Waals surface area contributed by atoms with Crippen molar-refractivity contribution in [2.24, 2.45) is 5.73 Å². The van der Waals surface area contributed by atoms with Crippen LogP contribution in [-0.2, 0) is 0 Å². The number of nitrogens with two attached hydrogens (primary N) is 1. The molecule has 0 spiro atoms. The van der Waals surface area contributed by atoms with Crippen LogP contribution in [0.2, 0.25) is 0 Å². The molecule has 1 aromatic rings. The minimum atomic E-state index is 0.266. The van der Waals surface area contributed by atoms with E-state index in [9.17, 15) is 0 Å². The fraction of sp³-hybridized carbons (Fsp3) is 0.600. The molecule has 2 rings (SSSR count). The second-order valence-corrected chi connectivity index (χ2v) is 5.47. The Morgan fingerprint density at radius 3 is 2.44 bits per heavy atom. The van der Waals surface area contributed by atoms with Crippen LogP contribution in [0.3, 0.4) is 0 Å². The first kappa shape index (κ1) is 13.4. The van der Waals surface area contributed by atoms with Gasteiger partial charge < -0.3 is 15.5 Å². The fourth-order valence-electron chi connectivity index (χ4n) is 2.81. The van der Waals surface area contributed by atoms with E-state index in [1.54, 1.807) is 0 Å². The van der Waals surface area contributed by atoms with Gasteiger partial charge in [0.05, 0.1) is 0 Å². The number of likely N-dealkylation sites (N-methyl/N-ethyl adjacent to an activating group) is 1. The Balaban J connectivity index is 1.85. The highest BCUT2D eigenvalue weighted by molar-refractivity contribution is 5.46. The molecule has 1 unspecified atom stereocenters. The molecule has 3 nitrogen and oxygen atoms in total. The molecule has 0 saturated carbocycles. The van der Waals surface area contributed by atoms with Crippen LogP contribution >= 0.6 is 0 Å². The predicted octanol–water partition coefficient (Wildman–Crippen LogP) is 1.93. The van der Waals surface area contributed by atoms with Gasteiger partial charge in [-0.25, -0.2) is 0 Å². The first-order chi connectivity index (χ1) is 8.66. The van der Waals surface area contributed by atoms with Gasteiger partial charge in [-0.05, 0) is 38.9 Å². The van der Waals surface area contributed by atoms with Crippen molar-refractivity contribution >= 4 is 5.69 Å². The first-order valence-electron chi connectivity index (χ1n) is 6.92. The van der Waals surface area contributed by atoms with Crippen molar-refractivity contribution in [2.45, 2.75) is 31.8 Å². The molecule has 1 aliphatic rings. The number of para-hydroxylation sites is 1. The van der Waals surface area contributed by atoms with Gasteiger partial charge in [0, 0.05) is 37.4 Å². The summed E-state index contributed by atoms with van der Waals surface area (Å²) in [7, 11) is 2.20. The summed E-state index contributed by atoms with van der Waals surface area (Å²) in [6.45, 7) is 5.38. The smallest absolute Gasteiger partial charge is 0.0366 e. The van der Waals surface area contributed by atoms with Crippen LogP contribution in [0.25, 0.3) is 0 Å². The molecular weight excluding hydrogens is 222 g/mol. The molecule has 0 radical (unpaired) electrons. The van der Waals surface area contributed by atoms with Gasteiger partial charge in [-0.15, -0.1) is 0 Å². The van der Waals surface area contributed by atoms with Crippen molar-refractivity contribution in [3.8, 4) is 0 Å². The molecule has 1 atom stereocenters. The molecule has 0 aliphatic carbocycles. The Bertz CT molecular complexity index is 342. The van der Waals surface area contributed by atoms with Crippen molar-refractivity contribution in [3.05, 3.63) is 30.3 Å². The highest BCUT2D eigenvalue weighted by Crippen LogP contribution is 2.21. The molecule has 2 N–H and O–H groups in total. The van der Waals surface area contributed by atoms with E-state index in [4.69, 9.17) is 5.73 Å². The Hall–Kier alpha value is -1.06. The van der Waals surface area contributed by atoms with Crippen molar-refractivity contribution in [3.63, 3.8) is 0 Å². The molecule has 1 fully saturated rings. The van der Waals surface area contributed by atoms with Gasteiger partial charge in [0.1, 0.15) is 0 Å². The van der Waals surface area contributed by atoms with Gasteiger partial charge in [0.2, 0.25) is 0 Å². The Morgan fingerprint density at radius 2 is 1.89 bits per heavy atom. The molecule has 18 heavy (non-hydrogen) atoms. The summed E-state index contributed by atoms with van der Waals surface area (Å²) < 4.78 is 0. The monoisotopic (exact) mass is 247 g/mol. The summed E-state index contributed by atoms with van der Waals surface area (Å²) in [4.78, 5) is 4.91. The summed E-state index contributed by atoms with van der Waals surface area (Å²) in [6, 6.07) is 11.7. The first-order valence-corrected chi connectivity index (χ1v) is 6.92. The van der Waals surface area contributed by atoms with Crippen LogP contribution in [0.1, 0.15) is 19.8 Å². The number of nitrogens with zero attached hydrogens (tertiary/aromatic N) is 2. The molecule has 3 heteroatoms. The van der Waals surface area contributed by atoms with Crippen molar-refractivity contribution in [1.82, 2.24) is 4.90 Å². The summed E-state index contributed by atoms with van der Waals surface area (Å²) >= 11 is 0. The minimum absolute atomic E-state index is 0.266. The lowest BCUT2D eigenvalue weighted by Crippen LogP contribution is -2.46. The van der Waals surface area contributed by atoms with Crippen LogP contribution in [0.4, 0.5) is 5.69 Å². The maximum atomic E-state index is 5.87. The highest BCUT2D eigenvalue weighted by atomic mass is 15.2. The van der Waals surface area contributed by atoms with E-state index in [0.29, 0.717) is 6.04 Å². The van der Waals surface area contributed by atoms with Crippen molar-refractivity contribution in [1.29, 1.82) is 0 Å². The average Bonchev–Trinajstić information content (AvgIpc) is 2.39. The molecular formula is C15H25N3. The number of benzene rings is 1. The minimum Gasteiger partial charge on any atom is -0.371 e. The molecule has 0 aromatic heterocycles. The standard InChI is InChI=1S/C15H25N3/c1-13(16)12-17(2)14-8-10-18(11-9-14)15-6-4-3-5-7-15/h3-7,13-14H,8-12,16H2,1-2H3. The Kier molecular flexibility index (Phi) is 4.61. The third kappa shape index (κ3) is 3.47. The lowest BCUT2D eigenvalue weighted by atomic mass is 10.0. The van der Waals surface area contributed by atoms with E-state index in [1.165, 1.54) is 18.5 Å². The van der Waals surface area contributed by atoms with Crippen molar-refractivity contribution < 1.29 is 0 Å². The number of hydrogen-bond acceptors (Lipinski definition) is 3. The quantitative estimate of drug-likeness (QED) is 0.882. The topological polar surface area (TPSA) is 32.5 Å². The van der Waals surface area contributed by atoms with Gasteiger partial charge in [-0.2, -0.15) is 0 Å². The van der Waals surface area contributed by atoms with Crippen LogP contribution in [0.15, 0.2) is 30.3 Å². The molecule has 1 saturated heterocycles. The van der Waals surface area contributed by atoms with Crippen molar-refractivity contribution in [2.75, 3.05) is 31.6 Å². The summed E-state index contributed by atoms with van der Waals surface area (Å²) in [5.74, 6) is 0. The molecule has 1 aromatic carbocycles. The summed E-state index contributed by atoms with van der Waals surface area (Å²) in [5.41, 5.74) is 7.22. The van der Waals surface area contributed by atoms with Crippen LogP contribution in [0.5, 0.6) is 0 Å². The largest absolute Gasteiger partial charge is 0.371 e. The maximum absolute atomic E-state index is 5.87. The Morgan fingerprint density at radius 1 is 1.28 bits per heavy atom. The van der Waals surface area contributed by atoms with Gasteiger partial charge >= 0.3 is 0 Å². The van der Waals surface area contributed by atoms with E-state index in [-0.39, 0.29) is 6.04 Å². The average molecular weight is 247 g/mol. The number of anilines is 1. The number of rotatable bonds is 4. The number of hydrogen-bond donors (Lipinski definition) is 1. The zero-order valence-corrected chi connectivity index (χ0v) is 11.5. The second kappa shape index (κ2) is 6.21. The summed E-state index contributed by atoms with van der Waals surface area (Å²) in [5, 5.41) is 0. The van der Waals surface area contributed by atoms with Gasteiger partial charge in [0.15, 0.2) is 0 Å². The number of piperidine rings is 1. The third-order valence-electron chi connectivity index (χ3n) is 3.79.